The molecule has 4 rings (SSSR count). The number of fused-ring (bicyclic) bond motifs is 1. The molecule has 1 aliphatic heterocycles. The monoisotopic (exact) mass is 369 g/mol. The summed E-state index contributed by atoms with van der Waals surface area (Å²) in [6, 6.07) is 11.0. The molecule has 2 heterocycles. The molecule has 0 radical (unpaired) electrons. The number of benzene rings is 2. The molecule has 1 unspecified atom stereocenters. The Bertz CT molecular complexity index is 939. The van der Waals surface area contributed by atoms with Gasteiger partial charge in [-0.1, -0.05) is 23.7 Å². The van der Waals surface area contributed by atoms with Crippen molar-refractivity contribution in [1.29, 1.82) is 0 Å². The van der Waals surface area contributed by atoms with E-state index in [2.05, 4.69) is 10.3 Å². The van der Waals surface area contributed by atoms with Crippen LogP contribution in [0.1, 0.15) is 28.9 Å². The third-order valence-corrected chi connectivity index (χ3v) is 4.51. The van der Waals surface area contributed by atoms with Crippen LogP contribution in [0.2, 0.25) is 5.02 Å². The zero-order chi connectivity index (χ0) is 18.1. The summed E-state index contributed by atoms with van der Waals surface area (Å²) in [7, 11) is 0. The highest BCUT2D eigenvalue weighted by atomic mass is 35.5. The minimum Gasteiger partial charge on any atom is -0.454 e. The van der Waals surface area contributed by atoms with Crippen LogP contribution in [-0.2, 0) is 0 Å². The first kappa shape index (κ1) is 16.5. The highest BCUT2D eigenvalue weighted by molar-refractivity contribution is 6.32. The van der Waals surface area contributed by atoms with E-state index in [-0.39, 0.29) is 18.7 Å². The number of aromatic nitrogens is 2. The van der Waals surface area contributed by atoms with Gasteiger partial charge >= 0.3 is 0 Å². The molecule has 1 amide bonds. The van der Waals surface area contributed by atoms with Gasteiger partial charge in [0.15, 0.2) is 11.5 Å². The van der Waals surface area contributed by atoms with E-state index in [1.54, 1.807) is 24.7 Å². The molecule has 0 bridgehead atoms. The normalized spacial score (nSPS) is 13.5. The van der Waals surface area contributed by atoms with Crippen molar-refractivity contribution >= 4 is 17.5 Å². The summed E-state index contributed by atoms with van der Waals surface area (Å²) in [4.78, 5) is 16.6. The van der Waals surface area contributed by atoms with Gasteiger partial charge in [0, 0.05) is 23.6 Å². The van der Waals surface area contributed by atoms with Gasteiger partial charge in [0.25, 0.3) is 5.91 Å². The zero-order valence-corrected chi connectivity index (χ0v) is 14.7. The smallest absolute Gasteiger partial charge is 0.251 e. The van der Waals surface area contributed by atoms with E-state index in [0.29, 0.717) is 22.1 Å². The predicted molar refractivity (Wildman–Crippen MR) is 97.0 cm³/mol. The van der Waals surface area contributed by atoms with E-state index in [9.17, 15) is 4.79 Å². The van der Waals surface area contributed by atoms with E-state index in [4.69, 9.17) is 21.1 Å². The van der Waals surface area contributed by atoms with Crippen LogP contribution in [0.4, 0.5) is 0 Å². The lowest BCUT2D eigenvalue weighted by Crippen LogP contribution is -2.26. The Morgan fingerprint density at radius 1 is 1.27 bits per heavy atom. The van der Waals surface area contributed by atoms with E-state index < -0.39 is 0 Å². The maximum atomic E-state index is 12.6. The van der Waals surface area contributed by atoms with Gasteiger partial charge in [-0.25, -0.2) is 4.98 Å². The molecule has 2 aromatic carbocycles. The molecule has 3 aromatic rings. The first-order valence-corrected chi connectivity index (χ1v) is 8.48. The maximum Gasteiger partial charge on any atom is 0.251 e. The van der Waals surface area contributed by atoms with Crippen LogP contribution in [0.5, 0.6) is 11.5 Å². The lowest BCUT2D eigenvalue weighted by Gasteiger charge is -2.15. The van der Waals surface area contributed by atoms with Crippen LogP contribution in [0.25, 0.3) is 5.69 Å². The summed E-state index contributed by atoms with van der Waals surface area (Å²) in [6.45, 7) is 2.04. The van der Waals surface area contributed by atoms with Gasteiger partial charge in [0.1, 0.15) is 0 Å². The summed E-state index contributed by atoms with van der Waals surface area (Å²) < 4.78 is 12.5. The van der Waals surface area contributed by atoms with Crippen molar-refractivity contribution < 1.29 is 14.3 Å². The minimum atomic E-state index is -0.226. The molecule has 1 aromatic heterocycles. The van der Waals surface area contributed by atoms with Crippen molar-refractivity contribution in [2.45, 2.75) is 13.0 Å². The lowest BCUT2D eigenvalue weighted by atomic mass is 10.1. The average Bonchev–Trinajstić information content (AvgIpc) is 3.33. The summed E-state index contributed by atoms with van der Waals surface area (Å²) in [5.74, 6) is 0.739. The first-order valence-electron chi connectivity index (χ1n) is 8.10. The fourth-order valence-electron chi connectivity index (χ4n) is 2.81. The molecule has 132 valence electrons. The average molecular weight is 370 g/mol. The van der Waals surface area contributed by atoms with Gasteiger partial charge < -0.3 is 19.4 Å². The molecular weight excluding hydrogens is 354 g/mol. The second-order valence-corrected chi connectivity index (χ2v) is 6.36. The summed E-state index contributed by atoms with van der Waals surface area (Å²) in [6.07, 6.45) is 5.35. The summed E-state index contributed by atoms with van der Waals surface area (Å²) in [5.41, 5.74) is 2.43. The topological polar surface area (TPSA) is 65.4 Å². The lowest BCUT2D eigenvalue weighted by molar-refractivity contribution is 0.0939. The van der Waals surface area contributed by atoms with Crippen molar-refractivity contribution in [3.63, 3.8) is 0 Å². The SMILES string of the molecule is CC(NC(=O)c1cc(Cl)c2c(c1)OCO2)c1ccc(-n2ccnc2)cc1. The Balaban J connectivity index is 1.48. The fourth-order valence-corrected chi connectivity index (χ4v) is 3.07. The van der Waals surface area contributed by atoms with E-state index in [1.807, 2.05) is 42.0 Å². The Hall–Kier alpha value is -2.99. The molecule has 1 atom stereocenters. The van der Waals surface area contributed by atoms with Gasteiger partial charge in [0.05, 0.1) is 17.4 Å². The van der Waals surface area contributed by atoms with Crippen molar-refractivity contribution in [3.8, 4) is 17.2 Å². The molecule has 0 fully saturated rings. The van der Waals surface area contributed by atoms with Crippen LogP contribution < -0.4 is 14.8 Å². The molecule has 0 saturated carbocycles. The number of hydrogen-bond acceptors (Lipinski definition) is 4. The number of carbonyl (C=O) groups is 1. The third kappa shape index (κ3) is 3.11. The van der Waals surface area contributed by atoms with Crippen molar-refractivity contribution in [3.05, 3.63) is 71.3 Å². The van der Waals surface area contributed by atoms with Crippen molar-refractivity contribution in [1.82, 2.24) is 14.9 Å². The maximum absolute atomic E-state index is 12.6. The predicted octanol–water partition coefficient (Wildman–Crippen LogP) is 3.75. The molecule has 6 nitrogen and oxygen atoms in total. The molecule has 1 N–H and O–H groups in total. The number of hydrogen-bond donors (Lipinski definition) is 1. The Morgan fingerprint density at radius 3 is 2.81 bits per heavy atom. The number of rotatable bonds is 4. The van der Waals surface area contributed by atoms with Gasteiger partial charge in [-0.05, 0) is 36.8 Å². The van der Waals surface area contributed by atoms with E-state index in [0.717, 1.165) is 11.3 Å². The van der Waals surface area contributed by atoms with Crippen LogP contribution in [0.3, 0.4) is 0 Å². The molecule has 1 aliphatic rings. The fraction of sp³-hybridized carbons (Fsp3) is 0.158. The van der Waals surface area contributed by atoms with Crippen LogP contribution in [0.15, 0.2) is 55.1 Å². The standard InChI is InChI=1S/C19H16ClN3O3/c1-12(13-2-4-15(5-3-13)23-7-6-21-10-23)22-19(24)14-8-16(20)18-17(9-14)25-11-26-18/h2-10,12H,11H2,1H3,(H,22,24). The first-order chi connectivity index (χ1) is 12.6. The highest BCUT2D eigenvalue weighted by Crippen LogP contribution is 2.39. The van der Waals surface area contributed by atoms with Crippen molar-refractivity contribution in [2.24, 2.45) is 0 Å². The number of ether oxygens (including phenoxy) is 2. The molecule has 26 heavy (non-hydrogen) atoms. The zero-order valence-electron chi connectivity index (χ0n) is 14.0. The molecule has 0 spiro atoms. The number of halogens is 1. The Labute approximate surface area is 155 Å². The molecular formula is C19H16ClN3O3. The largest absolute Gasteiger partial charge is 0.454 e. The van der Waals surface area contributed by atoms with Crippen LogP contribution in [-0.4, -0.2) is 22.3 Å². The summed E-state index contributed by atoms with van der Waals surface area (Å²) in [5, 5.41) is 3.34. The number of amides is 1. The number of carbonyl (C=O) groups excluding carboxylic acids is 1. The molecule has 0 aliphatic carbocycles. The summed E-state index contributed by atoms with van der Waals surface area (Å²) >= 11 is 6.15. The van der Waals surface area contributed by atoms with E-state index in [1.165, 1.54) is 0 Å². The number of nitrogens with one attached hydrogen (secondary N) is 1. The van der Waals surface area contributed by atoms with E-state index >= 15 is 0 Å². The van der Waals surface area contributed by atoms with Crippen LogP contribution in [0, 0.1) is 0 Å². The molecule has 0 saturated heterocycles. The second kappa shape index (κ2) is 6.72. The quantitative estimate of drug-likeness (QED) is 0.760. The molecule has 7 heteroatoms. The number of imidazole rings is 1. The Morgan fingerprint density at radius 2 is 2.08 bits per heavy atom. The highest BCUT2D eigenvalue weighted by Gasteiger charge is 2.21. The number of nitrogens with zero attached hydrogens (tertiary/aromatic N) is 2. The van der Waals surface area contributed by atoms with Gasteiger partial charge in [0.2, 0.25) is 6.79 Å². The third-order valence-electron chi connectivity index (χ3n) is 4.23. The minimum absolute atomic E-state index is 0.111. The van der Waals surface area contributed by atoms with Crippen LogP contribution >= 0.6 is 11.6 Å². The Kier molecular flexibility index (Phi) is 4.26. The van der Waals surface area contributed by atoms with Crippen molar-refractivity contribution in [2.75, 3.05) is 6.79 Å². The van der Waals surface area contributed by atoms with Gasteiger partial charge in [-0.3, -0.25) is 4.79 Å². The second-order valence-electron chi connectivity index (χ2n) is 5.95. The van der Waals surface area contributed by atoms with Gasteiger partial charge in [-0.2, -0.15) is 0 Å². The van der Waals surface area contributed by atoms with Gasteiger partial charge in [-0.15, -0.1) is 0 Å².